The van der Waals surface area contributed by atoms with Crippen LogP contribution in [-0.2, 0) is 34.6 Å². The van der Waals surface area contributed by atoms with Gasteiger partial charge in [-0.05, 0) is 118 Å². The van der Waals surface area contributed by atoms with Crippen molar-refractivity contribution >= 4 is 25.5 Å². The van der Waals surface area contributed by atoms with Crippen molar-refractivity contribution in [1.82, 2.24) is 9.80 Å². The number of imide groups is 1. The normalized spacial score (nSPS) is 22.7. The highest BCUT2D eigenvalue weighted by Gasteiger charge is 2.59. The van der Waals surface area contributed by atoms with Gasteiger partial charge in [-0.2, -0.15) is 0 Å². The fourth-order valence-corrected chi connectivity index (χ4v) is 9.82. The van der Waals surface area contributed by atoms with Gasteiger partial charge < -0.3 is 18.7 Å². The summed E-state index contributed by atoms with van der Waals surface area (Å²) in [6, 6.07) is 8.59. The number of unbranched alkanes of at least 4 members (excludes halogenated alkanes) is 1. The lowest BCUT2D eigenvalue weighted by atomic mass is 9.82. The molecule has 2 aliphatic rings. The molecule has 0 radical (unpaired) electrons. The highest BCUT2D eigenvalue weighted by atomic mass is 31.2. The predicted octanol–water partition coefficient (Wildman–Crippen LogP) is 9.29. The second kappa shape index (κ2) is 16.7. The summed E-state index contributed by atoms with van der Waals surface area (Å²) in [5.41, 5.74) is 0.174. The summed E-state index contributed by atoms with van der Waals surface area (Å²) in [6.07, 6.45) is 5.66. The average Bonchev–Trinajstić information content (AvgIpc) is 2.96. The number of esters is 1. The molecule has 2 atom stereocenters. The summed E-state index contributed by atoms with van der Waals surface area (Å²) in [5, 5.41) is -1.42. The van der Waals surface area contributed by atoms with E-state index in [-0.39, 0.29) is 32.3 Å². The van der Waals surface area contributed by atoms with Crippen molar-refractivity contribution in [3.05, 3.63) is 35.4 Å². The van der Waals surface area contributed by atoms with Crippen molar-refractivity contribution < 1.29 is 37.7 Å². The zero-order valence-corrected chi connectivity index (χ0v) is 32.8. The fraction of sp³-hybridized carbons (Fsp3) is 0.763. The number of carbonyl (C=O) groups is 3. The standard InChI is InChI=1S/C38H63N2O8P/c1-11-45-49(44)26-25-39(27-30-21-15-16-22-31(30)29-19-13-12-14-20-29)28-38(49,32(41)46-35(2,3)4)23-17-18-24-40(33(42)47-36(5,6)7)34(43)48-37(8,9)10/h15-16,21-22,29H,11-14,17-20,23-28H2,1-10H3. The van der Waals surface area contributed by atoms with Gasteiger partial charge in [0.25, 0.3) is 0 Å². The number of benzene rings is 1. The maximum absolute atomic E-state index is 14.9. The van der Waals surface area contributed by atoms with Gasteiger partial charge in [-0.3, -0.25) is 14.3 Å². The van der Waals surface area contributed by atoms with Crippen LogP contribution in [0, 0.1) is 0 Å². The molecule has 1 saturated heterocycles. The molecule has 1 aromatic carbocycles. The van der Waals surface area contributed by atoms with E-state index in [4.69, 9.17) is 18.7 Å². The van der Waals surface area contributed by atoms with E-state index in [9.17, 15) is 18.9 Å². The summed E-state index contributed by atoms with van der Waals surface area (Å²) in [4.78, 5) is 43.8. The number of carbonyl (C=O) groups excluding carboxylic acids is 3. The van der Waals surface area contributed by atoms with E-state index in [0.717, 1.165) is 4.90 Å². The fourth-order valence-electron chi connectivity index (χ4n) is 6.81. The van der Waals surface area contributed by atoms with E-state index in [0.29, 0.717) is 31.8 Å². The molecule has 1 saturated carbocycles. The Kier molecular flexibility index (Phi) is 14.0. The lowest BCUT2D eigenvalue weighted by molar-refractivity contribution is -0.160. The zero-order chi connectivity index (χ0) is 36.7. The Balaban J connectivity index is 1.91. The van der Waals surface area contributed by atoms with Crippen molar-refractivity contribution in [2.75, 3.05) is 32.4 Å². The Morgan fingerprint density at radius 2 is 1.43 bits per heavy atom. The van der Waals surface area contributed by atoms with E-state index < -0.39 is 47.5 Å². The van der Waals surface area contributed by atoms with E-state index in [1.165, 1.54) is 43.2 Å². The third-order valence-electron chi connectivity index (χ3n) is 8.91. The average molecular weight is 707 g/mol. The Labute approximate surface area is 295 Å². The molecule has 2 amide bonds. The highest BCUT2D eigenvalue weighted by molar-refractivity contribution is 7.62. The van der Waals surface area contributed by atoms with Gasteiger partial charge in [-0.15, -0.1) is 0 Å². The minimum atomic E-state index is -3.55. The molecule has 3 rings (SSSR count). The monoisotopic (exact) mass is 706 g/mol. The van der Waals surface area contributed by atoms with E-state index in [1.807, 2.05) is 20.8 Å². The summed E-state index contributed by atoms with van der Waals surface area (Å²) < 4.78 is 38.0. The van der Waals surface area contributed by atoms with Crippen LogP contribution in [0.25, 0.3) is 0 Å². The third kappa shape index (κ3) is 11.8. The lowest BCUT2D eigenvalue weighted by Crippen LogP contribution is -2.56. The number of hydrogen-bond acceptors (Lipinski definition) is 9. The van der Waals surface area contributed by atoms with Gasteiger partial charge in [-0.25, -0.2) is 14.5 Å². The van der Waals surface area contributed by atoms with Crippen molar-refractivity contribution in [1.29, 1.82) is 0 Å². The number of hydrogen-bond donors (Lipinski definition) is 0. The van der Waals surface area contributed by atoms with Gasteiger partial charge in [0.05, 0.1) is 6.61 Å². The summed E-state index contributed by atoms with van der Waals surface area (Å²) in [7, 11) is -3.55. The minimum Gasteiger partial charge on any atom is -0.459 e. The van der Waals surface area contributed by atoms with Gasteiger partial charge in [0.15, 0.2) is 5.16 Å². The van der Waals surface area contributed by atoms with Crippen molar-refractivity contribution in [2.24, 2.45) is 0 Å². The second-order valence-corrected chi connectivity index (χ2v) is 19.6. The van der Waals surface area contributed by atoms with E-state index in [2.05, 4.69) is 29.2 Å². The van der Waals surface area contributed by atoms with Crippen LogP contribution in [0.2, 0.25) is 0 Å². The summed E-state index contributed by atoms with van der Waals surface area (Å²) in [5.74, 6) is -0.00374. The highest BCUT2D eigenvalue weighted by Crippen LogP contribution is 2.64. The minimum absolute atomic E-state index is 0.00559. The van der Waals surface area contributed by atoms with Gasteiger partial charge in [0, 0.05) is 32.3 Å². The SMILES string of the molecule is CCOP1(=O)CCN(Cc2ccccc2C2CCCCC2)CC1(CCCCN(C(=O)OC(C)(C)C)C(=O)OC(C)(C)C)C(=O)OC(C)(C)C. The van der Waals surface area contributed by atoms with Crippen LogP contribution in [0.3, 0.4) is 0 Å². The number of nitrogens with zero attached hydrogens (tertiary/aromatic N) is 2. The van der Waals surface area contributed by atoms with Crippen LogP contribution in [0.1, 0.15) is 138 Å². The molecule has 278 valence electrons. The third-order valence-corrected chi connectivity index (χ3v) is 12.2. The Morgan fingerprint density at radius 1 is 0.857 bits per heavy atom. The molecule has 2 fully saturated rings. The quantitative estimate of drug-likeness (QED) is 0.0962. The largest absolute Gasteiger partial charge is 0.459 e. The van der Waals surface area contributed by atoms with Crippen molar-refractivity contribution in [3.63, 3.8) is 0 Å². The van der Waals surface area contributed by atoms with Crippen LogP contribution in [-0.4, -0.2) is 82.3 Å². The van der Waals surface area contributed by atoms with Crippen molar-refractivity contribution in [2.45, 2.75) is 155 Å². The molecule has 1 aliphatic heterocycles. The lowest BCUT2D eigenvalue weighted by Gasteiger charge is -2.46. The number of rotatable bonds is 11. The maximum Gasteiger partial charge on any atom is 0.419 e. The molecular formula is C38H63N2O8P. The first-order valence-electron chi connectivity index (χ1n) is 18.2. The topological polar surface area (TPSA) is 112 Å². The first-order chi connectivity index (χ1) is 22.7. The van der Waals surface area contributed by atoms with Crippen LogP contribution >= 0.6 is 7.37 Å². The molecule has 2 unspecified atom stereocenters. The predicted molar refractivity (Wildman–Crippen MR) is 193 cm³/mol. The number of amides is 2. The smallest absolute Gasteiger partial charge is 0.419 e. The van der Waals surface area contributed by atoms with Gasteiger partial charge >= 0.3 is 18.2 Å². The van der Waals surface area contributed by atoms with Crippen LogP contribution in [0.4, 0.5) is 9.59 Å². The van der Waals surface area contributed by atoms with Crippen molar-refractivity contribution in [3.8, 4) is 0 Å². The first kappa shape index (κ1) is 41.0. The Morgan fingerprint density at radius 3 is 1.98 bits per heavy atom. The summed E-state index contributed by atoms with van der Waals surface area (Å²) in [6.45, 7) is 19.2. The zero-order valence-electron chi connectivity index (χ0n) is 31.9. The first-order valence-corrected chi connectivity index (χ1v) is 20.0. The molecule has 0 aromatic heterocycles. The Bertz CT molecular complexity index is 1290. The number of ether oxygens (including phenoxy) is 3. The molecule has 49 heavy (non-hydrogen) atoms. The molecule has 1 aliphatic carbocycles. The molecule has 11 heteroatoms. The van der Waals surface area contributed by atoms with E-state index in [1.54, 1.807) is 48.5 Å². The molecule has 0 bridgehead atoms. The summed E-state index contributed by atoms with van der Waals surface area (Å²) >= 11 is 0. The molecule has 0 N–H and O–H groups in total. The maximum atomic E-state index is 14.9. The molecule has 0 spiro atoms. The van der Waals surface area contributed by atoms with Gasteiger partial charge in [0.2, 0.25) is 7.37 Å². The molecule has 1 aromatic rings. The second-order valence-electron chi connectivity index (χ2n) is 16.7. The van der Waals surface area contributed by atoms with Crippen LogP contribution in [0.5, 0.6) is 0 Å². The molecule has 1 heterocycles. The van der Waals surface area contributed by atoms with Gasteiger partial charge in [0.1, 0.15) is 16.8 Å². The van der Waals surface area contributed by atoms with E-state index >= 15 is 0 Å². The van der Waals surface area contributed by atoms with Crippen LogP contribution in [0.15, 0.2) is 24.3 Å². The van der Waals surface area contributed by atoms with Gasteiger partial charge in [-0.1, -0.05) is 43.5 Å². The Hall–Kier alpha value is -2.42. The molecule has 10 nitrogen and oxygen atoms in total. The van der Waals surface area contributed by atoms with Crippen LogP contribution < -0.4 is 0 Å². The molecular weight excluding hydrogens is 643 g/mol.